The Balaban J connectivity index is 1.80. The molecule has 0 aliphatic heterocycles. The Kier molecular flexibility index (Phi) is 7.86. The Hall–Kier alpha value is -2.78. The summed E-state index contributed by atoms with van der Waals surface area (Å²) >= 11 is 0. The van der Waals surface area contributed by atoms with Crippen LogP contribution in [0.4, 0.5) is 10.1 Å². The fourth-order valence-corrected chi connectivity index (χ4v) is 3.47. The standard InChI is InChI=1S/C20H23FN2O5S/c1-3-14(2)15-8-10-16(11-9-15)23-19(24)13-28-20(25)12-22-29(26,27)18-7-5-4-6-17(18)21/h4-11,14,22H,3,12-13H2,1-2H3,(H,23,24)/t14-/m1/s1. The van der Waals surface area contributed by atoms with Crippen LogP contribution in [0.25, 0.3) is 0 Å². The molecule has 0 aromatic heterocycles. The van der Waals surface area contributed by atoms with Crippen LogP contribution in [0, 0.1) is 5.82 Å². The Morgan fingerprint density at radius 2 is 1.76 bits per heavy atom. The fourth-order valence-electron chi connectivity index (χ4n) is 2.42. The number of benzene rings is 2. The van der Waals surface area contributed by atoms with Crippen LogP contribution < -0.4 is 10.0 Å². The summed E-state index contributed by atoms with van der Waals surface area (Å²) in [5.74, 6) is -2.06. The molecular formula is C20H23FN2O5S. The fraction of sp³-hybridized carbons (Fsp3) is 0.300. The molecule has 0 unspecified atom stereocenters. The van der Waals surface area contributed by atoms with Gasteiger partial charge in [-0.2, -0.15) is 4.72 Å². The quantitative estimate of drug-likeness (QED) is 0.605. The number of halogens is 1. The van der Waals surface area contributed by atoms with E-state index < -0.39 is 45.8 Å². The lowest BCUT2D eigenvalue weighted by atomic mass is 9.99. The lowest BCUT2D eigenvalue weighted by Crippen LogP contribution is -2.32. The van der Waals surface area contributed by atoms with Crippen molar-refractivity contribution in [2.24, 2.45) is 0 Å². The minimum absolute atomic E-state index is 0.411. The lowest BCUT2D eigenvalue weighted by molar-refractivity contribution is -0.146. The zero-order chi connectivity index (χ0) is 21.4. The molecule has 2 aromatic carbocycles. The lowest BCUT2D eigenvalue weighted by Gasteiger charge is -2.11. The second kappa shape index (κ2) is 10.1. The third-order valence-corrected chi connectivity index (χ3v) is 5.71. The Morgan fingerprint density at radius 3 is 2.38 bits per heavy atom. The van der Waals surface area contributed by atoms with Crippen molar-refractivity contribution in [3.8, 4) is 0 Å². The van der Waals surface area contributed by atoms with Gasteiger partial charge in [-0.1, -0.05) is 38.1 Å². The van der Waals surface area contributed by atoms with Gasteiger partial charge in [-0.25, -0.2) is 12.8 Å². The predicted octanol–water partition coefficient (Wildman–Crippen LogP) is 2.80. The van der Waals surface area contributed by atoms with Crippen LogP contribution in [0.3, 0.4) is 0 Å². The normalized spacial score (nSPS) is 12.2. The van der Waals surface area contributed by atoms with Gasteiger partial charge in [0.15, 0.2) is 6.61 Å². The zero-order valence-electron chi connectivity index (χ0n) is 16.1. The molecule has 0 heterocycles. The summed E-state index contributed by atoms with van der Waals surface area (Å²) in [5.41, 5.74) is 1.71. The summed E-state index contributed by atoms with van der Waals surface area (Å²) in [6.45, 7) is 2.89. The molecule has 2 aromatic rings. The molecule has 0 aliphatic rings. The highest BCUT2D eigenvalue weighted by Crippen LogP contribution is 2.20. The number of hydrogen-bond acceptors (Lipinski definition) is 5. The van der Waals surface area contributed by atoms with Gasteiger partial charge in [-0.05, 0) is 42.2 Å². The third kappa shape index (κ3) is 6.65. The van der Waals surface area contributed by atoms with Crippen LogP contribution in [0.2, 0.25) is 0 Å². The number of sulfonamides is 1. The van der Waals surface area contributed by atoms with Gasteiger partial charge in [0.05, 0.1) is 0 Å². The van der Waals surface area contributed by atoms with Crippen LogP contribution in [-0.4, -0.2) is 33.4 Å². The van der Waals surface area contributed by atoms with E-state index in [1.54, 1.807) is 12.1 Å². The van der Waals surface area contributed by atoms with Gasteiger partial charge in [0, 0.05) is 5.69 Å². The maximum Gasteiger partial charge on any atom is 0.321 e. The highest BCUT2D eigenvalue weighted by atomic mass is 32.2. The van der Waals surface area contributed by atoms with E-state index in [-0.39, 0.29) is 0 Å². The molecule has 0 radical (unpaired) electrons. The van der Waals surface area contributed by atoms with E-state index in [2.05, 4.69) is 19.2 Å². The van der Waals surface area contributed by atoms with Crippen LogP contribution in [-0.2, 0) is 24.3 Å². The minimum Gasteiger partial charge on any atom is -0.455 e. The van der Waals surface area contributed by atoms with Crippen molar-refractivity contribution in [3.63, 3.8) is 0 Å². The predicted molar refractivity (Wildman–Crippen MR) is 106 cm³/mol. The smallest absolute Gasteiger partial charge is 0.321 e. The van der Waals surface area contributed by atoms with Gasteiger partial charge in [0.2, 0.25) is 10.0 Å². The molecule has 0 bridgehead atoms. The number of carbonyl (C=O) groups excluding carboxylic acids is 2. The number of nitrogens with one attached hydrogen (secondary N) is 2. The van der Waals surface area contributed by atoms with Gasteiger partial charge in [-0.3, -0.25) is 9.59 Å². The summed E-state index contributed by atoms with van der Waals surface area (Å²) in [7, 11) is -4.21. The summed E-state index contributed by atoms with van der Waals surface area (Å²) < 4.78 is 44.2. The first kappa shape index (κ1) is 22.5. The minimum atomic E-state index is -4.21. The molecule has 29 heavy (non-hydrogen) atoms. The molecule has 2 N–H and O–H groups in total. The monoisotopic (exact) mass is 422 g/mol. The molecule has 0 aliphatic carbocycles. The van der Waals surface area contributed by atoms with Crippen molar-refractivity contribution in [2.75, 3.05) is 18.5 Å². The molecule has 1 atom stereocenters. The maximum absolute atomic E-state index is 13.6. The van der Waals surface area contributed by atoms with E-state index in [1.165, 1.54) is 12.1 Å². The zero-order valence-corrected chi connectivity index (χ0v) is 17.0. The van der Waals surface area contributed by atoms with Crippen molar-refractivity contribution in [1.82, 2.24) is 4.72 Å². The largest absolute Gasteiger partial charge is 0.455 e. The first-order valence-electron chi connectivity index (χ1n) is 9.02. The van der Waals surface area contributed by atoms with E-state index in [1.807, 2.05) is 16.9 Å². The van der Waals surface area contributed by atoms with Crippen molar-refractivity contribution < 1.29 is 27.1 Å². The number of esters is 1. The first-order chi connectivity index (χ1) is 13.7. The van der Waals surface area contributed by atoms with E-state index in [9.17, 15) is 22.4 Å². The van der Waals surface area contributed by atoms with Gasteiger partial charge in [-0.15, -0.1) is 0 Å². The van der Waals surface area contributed by atoms with E-state index in [4.69, 9.17) is 4.74 Å². The molecule has 0 saturated carbocycles. The van der Waals surface area contributed by atoms with Crippen molar-refractivity contribution >= 4 is 27.6 Å². The Morgan fingerprint density at radius 1 is 1.10 bits per heavy atom. The van der Waals surface area contributed by atoms with Crippen LogP contribution in [0.1, 0.15) is 31.7 Å². The van der Waals surface area contributed by atoms with Crippen molar-refractivity contribution in [1.29, 1.82) is 0 Å². The molecule has 0 fully saturated rings. The van der Waals surface area contributed by atoms with Crippen molar-refractivity contribution in [2.45, 2.75) is 31.1 Å². The van der Waals surface area contributed by atoms with Crippen LogP contribution >= 0.6 is 0 Å². The summed E-state index contributed by atoms with van der Waals surface area (Å²) in [6.07, 6.45) is 1.00. The van der Waals surface area contributed by atoms with E-state index in [0.29, 0.717) is 11.6 Å². The molecular weight excluding hydrogens is 399 g/mol. The van der Waals surface area contributed by atoms with Gasteiger partial charge < -0.3 is 10.1 Å². The molecule has 9 heteroatoms. The first-order valence-corrected chi connectivity index (χ1v) is 10.5. The molecule has 2 rings (SSSR count). The average molecular weight is 422 g/mol. The summed E-state index contributed by atoms with van der Waals surface area (Å²) in [5, 5.41) is 2.58. The summed E-state index contributed by atoms with van der Waals surface area (Å²) in [6, 6.07) is 12.1. The number of amides is 1. The van der Waals surface area contributed by atoms with E-state index in [0.717, 1.165) is 24.1 Å². The average Bonchev–Trinajstić information content (AvgIpc) is 2.71. The topological polar surface area (TPSA) is 102 Å². The van der Waals surface area contributed by atoms with Gasteiger partial charge >= 0.3 is 5.97 Å². The molecule has 156 valence electrons. The molecule has 7 nitrogen and oxygen atoms in total. The van der Waals surface area contributed by atoms with Crippen LogP contribution in [0.5, 0.6) is 0 Å². The molecule has 0 spiro atoms. The molecule has 1 amide bonds. The SMILES string of the molecule is CC[C@@H](C)c1ccc(NC(=O)COC(=O)CNS(=O)(=O)c2ccccc2F)cc1. The number of ether oxygens (including phenoxy) is 1. The second-order valence-corrected chi connectivity index (χ2v) is 8.13. The number of rotatable bonds is 9. The van der Waals surface area contributed by atoms with Gasteiger partial charge in [0.25, 0.3) is 5.91 Å². The highest BCUT2D eigenvalue weighted by molar-refractivity contribution is 7.89. The van der Waals surface area contributed by atoms with Crippen molar-refractivity contribution in [3.05, 3.63) is 59.9 Å². The highest BCUT2D eigenvalue weighted by Gasteiger charge is 2.20. The second-order valence-electron chi connectivity index (χ2n) is 6.40. The third-order valence-electron chi connectivity index (χ3n) is 4.27. The van der Waals surface area contributed by atoms with Gasteiger partial charge in [0.1, 0.15) is 17.3 Å². The number of anilines is 1. The summed E-state index contributed by atoms with van der Waals surface area (Å²) in [4.78, 5) is 23.0. The van der Waals surface area contributed by atoms with Crippen LogP contribution in [0.15, 0.2) is 53.4 Å². The number of hydrogen-bond donors (Lipinski definition) is 2. The van der Waals surface area contributed by atoms with E-state index >= 15 is 0 Å². The molecule has 0 saturated heterocycles. The number of carbonyl (C=O) groups is 2. The Bertz CT molecular complexity index is 961. The maximum atomic E-state index is 13.6. The Labute approximate surface area is 169 Å².